The van der Waals surface area contributed by atoms with E-state index < -0.39 is 0 Å². The second-order valence-corrected chi connectivity index (χ2v) is 5.60. The number of aromatic nitrogens is 6. The molecule has 0 atom stereocenters. The molecular weight excluding hydrogens is 358 g/mol. The zero-order valence-corrected chi connectivity index (χ0v) is 15.9. The van der Waals surface area contributed by atoms with E-state index in [0.29, 0.717) is 17.0 Å². The summed E-state index contributed by atoms with van der Waals surface area (Å²) in [6, 6.07) is 3.70. The molecule has 3 aromatic heterocycles. The number of fused-ring (bicyclic) bond motifs is 1. The summed E-state index contributed by atoms with van der Waals surface area (Å²) in [4.78, 5) is 10.8. The highest BCUT2D eigenvalue weighted by atomic mass is 15.2. The fraction of sp³-hybridized carbons (Fsp3) is 0.235. The normalized spacial score (nSPS) is 8.89. The third-order valence-corrected chi connectivity index (χ3v) is 3.34. The quantitative estimate of drug-likeness (QED) is 0.338. The SMILES string of the molecule is Cc1[nH]nc(N)c1C#N.Cc1[nH]nc2ncnc(N)c12.[C-]#[N+]C(C#N)=C(C)C. The zero-order chi connectivity index (χ0) is 21.3. The van der Waals surface area contributed by atoms with E-state index in [9.17, 15) is 0 Å². The number of nitrogens with two attached hydrogens (primary N) is 2. The van der Waals surface area contributed by atoms with E-state index >= 15 is 0 Å². The van der Waals surface area contributed by atoms with Crippen molar-refractivity contribution in [3.8, 4) is 12.1 Å². The van der Waals surface area contributed by atoms with E-state index in [0.717, 1.165) is 22.3 Å². The Morgan fingerprint density at radius 1 is 1.07 bits per heavy atom. The molecule has 0 aliphatic carbocycles. The Labute approximate surface area is 161 Å². The molecule has 0 unspecified atom stereocenters. The van der Waals surface area contributed by atoms with Crippen LogP contribution in [0.4, 0.5) is 11.6 Å². The molecule has 0 saturated carbocycles. The largest absolute Gasteiger partial charge is 0.383 e. The molecule has 3 heterocycles. The minimum absolute atomic E-state index is 0.199. The zero-order valence-electron chi connectivity index (χ0n) is 15.9. The molecule has 0 aromatic carbocycles. The van der Waals surface area contributed by atoms with Crippen molar-refractivity contribution in [2.24, 2.45) is 0 Å². The number of rotatable bonds is 0. The molecule has 3 aromatic rings. The van der Waals surface area contributed by atoms with E-state index in [1.807, 2.05) is 13.0 Å². The number of allylic oxidation sites excluding steroid dienone is 2. The maximum atomic E-state index is 8.40. The summed E-state index contributed by atoms with van der Waals surface area (Å²) in [5, 5.41) is 30.3. The molecule has 6 N–H and O–H groups in total. The number of aromatic amines is 2. The van der Waals surface area contributed by atoms with Crippen molar-refractivity contribution in [2.45, 2.75) is 27.7 Å². The number of nitrogen functional groups attached to an aromatic ring is 2. The molecule has 0 aliphatic rings. The van der Waals surface area contributed by atoms with Gasteiger partial charge < -0.3 is 11.5 Å². The van der Waals surface area contributed by atoms with E-state index in [1.165, 1.54) is 6.33 Å². The Hall–Kier alpha value is -4.43. The summed E-state index contributed by atoms with van der Waals surface area (Å²) in [6.07, 6.45) is 1.40. The van der Waals surface area contributed by atoms with Gasteiger partial charge in [-0.25, -0.2) is 20.1 Å². The van der Waals surface area contributed by atoms with Crippen LogP contribution >= 0.6 is 0 Å². The van der Waals surface area contributed by atoms with Crippen molar-refractivity contribution in [3.63, 3.8) is 0 Å². The number of nitriles is 2. The van der Waals surface area contributed by atoms with Crippen LogP contribution in [0.1, 0.15) is 30.8 Å². The number of hydrogen-bond donors (Lipinski definition) is 4. The van der Waals surface area contributed by atoms with Gasteiger partial charge in [-0.05, 0) is 13.8 Å². The summed E-state index contributed by atoms with van der Waals surface area (Å²) in [5.74, 6) is 0.747. The smallest absolute Gasteiger partial charge is 0.260 e. The average Bonchev–Trinajstić information content (AvgIpc) is 3.20. The maximum absolute atomic E-state index is 8.40. The van der Waals surface area contributed by atoms with Gasteiger partial charge in [-0.2, -0.15) is 15.5 Å². The molecule has 0 spiro atoms. The average molecular weight is 377 g/mol. The van der Waals surface area contributed by atoms with Crippen molar-refractivity contribution >= 4 is 22.7 Å². The van der Waals surface area contributed by atoms with Gasteiger partial charge in [0.1, 0.15) is 23.8 Å². The lowest BCUT2D eigenvalue weighted by Gasteiger charge is -1.91. The van der Waals surface area contributed by atoms with Crippen molar-refractivity contribution in [3.05, 3.63) is 46.0 Å². The number of anilines is 2. The summed E-state index contributed by atoms with van der Waals surface area (Å²) in [7, 11) is 0. The lowest BCUT2D eigenvalue weighted by molar-refractivity contribution is 1.05. The van der Waals surface area contributed by atoms with Crippen molar-refractivity contribution in [1.29, 1.82) is 10.5 Å². The molecule has 142 valence electrons. The highest BCUT2D eigenvalue weighted by Gasteiger charge is 2.05. The molecule has 0 fully saturated rings. The summed E-state index contributed by atoms with van der Waals surface area (Å²) >= 11 is 0. The van der Waals surface area contributed by atoms with Gasteiger partial charge in [-0.1, -0.05) is 19.4 Å². The number of H-pyrrole nitrogens is 2. The molecule has 0 saturated heterocycles. The Bertz CT molecular complexity index is 1070. The van der Waals surface area contributed by atoms with Gasteiger partial charge in [0.25, 0.3) is 5.70 Å². The number of nitrogens with one attached hydrogen (secondary N) is 2. The standard InChI is InChI=1S/C6H7N5.C6H6N2.C5H6N4/c1-3-4-5(7)8-2-9-6(4)11-10-3;1-5(2)6(4-7)8-3;1-3-4(2-6)5(7)9-8-3/h2H,1H3,(H3,7,8,9,10,11);1-2H3;1H3,(H3,7,8,9). The molecule has 0 aliphatic heterocycles. The lowest BCUT2D eigenvalue weighted by Crippen LogP contribution is -1.91. The van der Waals surface area contributed by atoms with E-state index in [2.05, 4.69) is 35.2 Å². The summed E-state index contributed by atoms with van der Waals surface area (Å²) in [5.41, 5.74) is 14.5. The van der Waals surface area contributed by atoms with E-state index in [-0.39, 0.29) is 11.5 Å². The second kappa shape index (κ2) is 9.90. The third kappa shape index (κ3) is 5.28. The van der Waals surface area contributed by atoms with Gasteiger partial charge in [0.2, 0.25) is 0 Å². The van der Waals surface area contributed by atoms with Crippen LogP contribution in [-0.2, 0) is 0 Å². The highest BCUT2D eigenvalue weighted by molar-refractivity contribution is 5.87. The molecule has 0 amide bonds. The fourth-order valence-corrected chi connectivity index (χ4v) is 1.86. The lowest BCUT2D eigenvalue weighted by atomic mass is 10.3. The van der Waals surface area contributed by atoms with Gasteiger partial charge in [-0.15, -0.1) is 0 Å². The Balaban J connectivity index is 0.000000214. The van der Waals surface area contributed by atoms with Gasteiger partial charge in [0, 0.05) is 5.69 Å². The van der Waals surface area contributed by atoms with Crippen LogP contribution in [0.15, 0.2) is 17.6 Å². The Kier molecular flexibility index (Phi) is 7.64. The van der Waals surface area contributed by atoms with Crippen molar-refractivity contribution < 1.29 is 0 Å². The van der Waals surface area contributed by atoms with Gasteiger partial charge in [0.05, 0.1) is 23.7 Å². The first-order valence-electron chi connectivity index (χ1n) is 7.83. The number of aryl methyl sites for hydroxylation is 2. The Morgan fingerprint density at radius 3 is 2.07 bits per heavy atom. The van der Waals surface area contributed by atoms with E-state index in [1.54, 1.807) is 26.8 Å². The first-order chi connectivity index (χ1) is 13.3. The number of hydrogen-bond acceptors (Lipinski definition) is 8. The summed E-state index contributed by atoms with van der Waals surface area (Å²) in [6.45, 7) is 13.6. The van der Waals surface area contributed by atoms with Crippen molar-refractivity contribution in [2.75, 3.05) is 11.5 Å². The molecule has 0 bridgehead atoms. The van der Waals surface area contributed by atoms with Crippen LogP contribution in [0.3, 0.4) is 0 Å². The minimum Gasteiger partial charge on any atom is -0.383 e. The van der Waals surface area contributed by atoms with Gasteiger partial charge in [-0.3, -0.25) is 10.2 Å². The van der Waals surface area contributed by atoms with E-state index in [4.69, 9.17) is 28.6 Å². The fourth-order valence-electron chi connectivity index (χ4n) is 1.86. The van der Waals surface area contributed by atoms with Gasteiger partial charge >= 0.3 is 0 Å². The Morgan fingerprint density at radius 2 is 1.71 bits per heavy atom. The minimum atomic E-state index is 0.199. The molecule has 3 rings (SSSR count). The van der Waals surface area contributed by atoms with Crippen LogP contribution in [-0.4, -0.2) is 30.4 Å². The van der Waals surface area contributed by atoms with Crippen LogP contribution in [0.5, 0.6) is 0 Å². The molecule has 11 nitrogen and oxygen atoms in total. The first-order valence-corrected chi connectivity index (χ1v) is 7.83. The molecule has 11 heteroatoms. The van der Waals surface area contributed by atoms with Crippen LogP contribution in [0.25, 0.3) is 15.9 Å². The first kappa shape index (κ1) is 21.6. The maximum Gasteiger partial charge on any atom is 0.260 e. The second-order valence-electron chi connectivity index (χ2n) is 5.60. The number of nitrogens with zero attached hydrogens (tertiary/aromatic N) is 7. The summed E-state index contributed by atoms with van der Waals surface area (Å²) < 4.78 is 0. The third-order valence-electron chi connectivity index (χ3n) is 3.34. The predicted molar refractivity (Wildman–Crippen MR) is 104 cm³/mol. The topological polar surface area (TPSA) is 187 Å². The van der Waals surface area contributed by atoms with Crippen LogP contribution in [0, 0.1) is 43.1 Å². The molecular formula is C17H19N11. The highest BCUT2D eigenvalue weighted by Crippen LogP contribution is 2.16. The molecule has 28 heavy (non-hydrogen) atoms. The van der Waals surface area contributed by atoms with Crippen LogP contribution in [0.2, 0.25) is 0 Å². The van der Waals surface area contributed by atoms with Gasteiger partial charge in [0.15, 0.2) is 11.5 Å². The predicted octanol–water partition coefficient (Wildman–Crippen LogP) is 2.14. The monoisotopic (exact) mass is 377 g/mol. The van der Waals surface area contributed by atoms with Crippen LogP contribution < -0.4 is 11.5 Å². The van der Waals surface area contributed by atoms with Crippen molar-refractivity contribution in [1.82, 2.24) is 30.4 Å². The molecule has 0 radical (unpaired) electrons.